The van der Waals surface area contributed by atoms with Gasteiger partial charge in [0.1, 0.15) is 11.4 Å². The number of hydrogen-bond donors (Lipinski definition) is 3. The summed E-state index contributed by atoms with van der Waals surface area (Å²) in [5.74, 6) is 0.0216. The summed E-state index contributed by atoms with van der Waals surface area (Å²) in [6, 6.07) is 18.2. The Hall–Kier alpha value is -5.03. The maximum atomic E-state index is 13.1. The maximum absolute atomic E-state index is 13.1. The van der Waals surface area contributed by atoms with Crippen LogP contribution >= 0.6 is 11.3 Å². The van der Waals surface area contributed by atoms with Crippen LogP contribution in [0.3, 0.4) is 0 Å². The van der Waals surface area contributed by atoms with Crippen LogP contribution in [0.1, 0.15) is 20.7 Å². The molecular formula is C25H17N7O3S. The number of ether oxygens (including phenoxy) is 1. The van der Waals surface area contributed by atoms with Gasteiger partial charge in [-0.25, -0.2) is 14.8 Å². The number of carbonyl (C=O) groups excluding carboxylic acids is 2. The molecule has 0 aliphatic carbocycles. The Morgan fingerprint density at radius 3 is 2.67 bits per heavy atom. The van der Waals surface area contributed by atoms with Gasteiger partial charge in [-0.05, 0) is 36.4 Å². The van der Waals surface area contributed by atoms with Crippen LogP contribution in [0.2, 0.25) is 0 Å². The van der Waals surface area contributed by atoms with Crippen molar-refractivity contribution in [3.05, 3.63) is 96.6 Å². The predicted molar refractivity (Wildman–Crippen MR) is 136 cm³/mol. The molecule has 176 valence electrons. The van der Waals surface area contributed by atoms with Crippen molar-refractivity contribution < 1.29 is 14.3 Å². The molecular weight excluding hydrogens is 478 g/mol. The number of amides is 1. The highest BCUT2D eigenvalue weighted by atomic mass is 32.1. The van der Waals surface area contributed by atoms with E-state index in [-0.39, 0.29) is 11.5 Å². The van der Waals surface area contributed by atoms with Crippen LogP contribution in [0.15, 0.2) is 85.5 Å². The van der Waals surface area contributed by atoms with Gasteiger partial charge < -0.3 is 10.1 Å². The van der Waals surface area contributed by atoms with Gasteiger partial charge in [0.25, 0.3) is 5.91 Å². The molecule has 4 aromatic heterocycles. The van der Waals surface area contributed by atoms with E-state index in [1.54, 1.807) is 47.1 Å². The van der Waals surface area contributed by atoms with E-state index in [2.05, 4.69) is 30.8 Å². The lowest BCUT2D eigenvalue weighted by molar-refractivity contribution is 0.0736. The van der Waals surface area contributed by atoms with Crippen molar-refractivity contribution >= 4 is 55.7 Å². The number of thiazole rings is 1. The summed E-state index contributed by atoms with van der Waals surface area (Å²) in [5.41, 5.74) is 2.53. The van der Waals surface area contributed by atoms with Gasteiger partial charge in [-0.3, -0.25) is 19.6 Å². The number of para-hydroxylation sites is 2. The highest BCUT2D eigenvalue weighted by Crippen LogP contribution is 2.28. The first-order valence-corrected chi connectivity index (χ1v) is 11.7. The number of benzene rings is 2. The zero-order chi connectivity index (χ0) is 24.5. The minimum Gasteiger partial charge on any atom is -0.419 e. The Balaban J connectivity index is 1.27. The molecule has 0 bridgehead atoms. The largest absolute Gasteiger partial charge is 0.419 e. The van der Waals surface area contributed by atoms with Crippen LogP contribution in [0.25, 0.3) is 15.9 Å². The number of pyridine rings is 1. The topological polar surface area (TPSA) is 126 Å². The molecule has 0 fully saturated rings. The minimum absolute atomic E-state index is 0.286. The first-order chi connectivity index (χ1) is 17.7. The van der Waals surface area contributed by atoms with Gasteiger partial charge in [-0.15, -0.1) is 0 Å². The first kappa shape index (κ1) is 21.5. The molecule has 0 aliphatic heterocycles. The van der Waals surface area contributed by atoms with Gasteiger partial charge >= 0.3 is 5.97 Å². The van der Waals surface area contributed by atoms with E-state index in [0.29, 0.717) is 33.6 Å². The molecule has 6 aromatic rings. The fraction of sp³-hybridized carbons (Fsp3) is 0. The number of aromatic amines is 1. The second kappa shape index (κ2) is 8.96. The standard InChI is InChI=1S/C25H17N7O3S/c33-23(31-25-30-19-9-3-4-10-20(19)36-25)16-6-1-2-8-18(16)29-21-14-26-22-17(7-5-11-32(21)22)24(34)35-15-12-27-28-13-15/h1-14,29H,(H,27,28)(H,30,31,33). The summed E-state index contributed by atoms with van der Waals surface area (Å²) in [6.07, 6.45) is 6.25. The number of nitrogens with one attached hydrogen (secondary N) is 3. The molecule has 4 heterocycles. The molecule has 0 atom stereocenters. The maximum Gasteiger partial charge on any atom is 0.347 e. The minimum atomic E-state index is -0.560. The molecule has 0 spiro atoms. The molecule has 3 N–H and O–H groups in total. The molecule has 0 unspecified atom stereocenters. The van der Waals surface area contributed by atoms with E-state index < -0.39 is 5.97 Å². The van der Waals surface area contributed by atoms with Crippen LogP contribution in [0, 0.1) is 0 Å². The Kier molecular flexibility index (Phi) is 5.35. The smallest absolute Gasteiger partial charge is 0.347 e. The normalized spacial score (nSPS) is 11.0. The van der Waals surface area contributed by atoms with Crippen molar-refractivity contribution in [2.45, 2.75) is 0 Å². The van der Waals surface area contributed by atoms with E-state index in [1.807, 2.05) is 30.3 Å². The number of rotatable bonds is 6. The van der Waals surface area contributed by atoms with Crippen LogP contribution in [-0.2, 0) is 0 Å². The number of H-pyrrole nitrogens is 1. The monoisotopic (exact) mass is 495 g/mol. The quantitative estimate of drug-likeness (QED) is 0.281. The number of imidazole rings is 1. The fourth-order valence-corrected chi connectivity index (χ4v) is 4.60. The summed E-state index contributed by atoms with van der Waals surface area (Å²) in [7, 11) is 0. The van der Waals surface area contributed by atoms with E-state index in [0.717, 1.165) is 10.2 Å². The Morgan fingerprint density at radius 2 is 1.81 bits per heavy atom. The molecule has 0 saturated heterocycles. The molecule has 2 aromatic carbocycles. The van der Waals surface area contributed by atoms with Crippen LogP contribution < -0.4 is 15.4 Å². The van der Waals surface area contributed by atoms with Crippen LogP contribution in [0.4, 0.5) is 16.6 Å². The van der Waals surface area contributed by atoms with Crippen molar-refractivity contribution in [2.24, 2.45) is 0 Å². The molecule has 0 aliphatic rings. The zero-order valence-corrected chi connectivity index (χ0v) is 19.3. The van der Waals surface area contributed by atoms with Gasteiger partial charge in [0.05, 0.1) is 40.1 Å². The first-order valence-electron chi connectivity index (χ1n) is 10.9. The van der Waals surface area contributed by atoms with Gasteiger partial charge in [0.15, 0.2) is 16.5 Å². The second-order valence-corrected chi connectivity index (χ2v) is 8.72. The van der Waals surface area contributed by atoms with E-state index in [9.17, 15) is 9.59 Å². The summed E-state index contributed by atoms with van der Waals surface area (Å²) >= 11 is 1.41. The predicted octanol–water partition coefficient (Wildman–Crippen LogP) is 4.88. The van der Waals surface area contributed by atoms with Crippen LogP contribution in [-0.4, -0.2) is 36.4 Å². The average Bonchev–Trinajstić information content (AvgIpc) is 3.64. The molecule has 0 saturated carbocycles. The number of hydrogen-bond acceptors (Lipinski definition) is 8. The third-order valence-corrected chi connectivity index (χ3v) is 6.34. The lowest BCUT2D eigenvalue weighted by Gasteiger charge is -2.11. The highest BCUT2D eigenvalue weighted by Gasteiger charge is 2.18. The average molecular weight is 496 g/mol. The van der Waals surface area contributed by atoms with E-state index in [1.165, 1.54) is 23.7 Å². The number of carbonyl (C=O) groups is 2. The number of esters is 1. The van der Waals surface area contributed by atoms with Gasteiger partial charge in [0, 0.05) is 6.20 Å². The zero-order valence-electron chi connectivity index (χ0n) is 18.5. The number of anilines is 3. The van der Waals surface area contributed by atoms with Crippen molar-refractivity contribution in [3.8, 4) is 5.75 Å². The lowest BCUT2D eigenvalue weighted by atomic mass is 10.1. The van der Waals surface area contributed by atoms with Crippen molar-refractivity contribution in [3.63, 3.8) is 0 Å². The molecule has 1 amide bonds. The summed E-state index contributed by atoms with van der Waals surface area (Å²) in [6.45, 7) is 0. The molecule has 11 heteroatoms. The van der Waals surface area contributed by atoms with Gasteiger partial charge in [-0.2, -0.15) is 5.10 Å². The SMILES string of the molecule is O=C(Nc1nc2ccccc2s1)c1ccccc1Nc1cnc2c(C(=O)Oc3cn[nH]c3)cccn12. The van der Waals surface area contributed by atoms with Gasteiger partial charge in [0.2, 0.25) is 0 Å². The molecule has 36 heavy (non-hydrogen) atoms. The Bertz CT molecular complexity index is 1690. The lowest BCUT2D eigenvalue weighted by Crippen LogP contribution is -2.14. The fourth-order valence-electron chi connectivity index (χ4n) is 3.74. The third-order valence-electron chi connectivity index (χ3n) is 5.39. The van der Waals surface area contributed by atoms with Crippen LogP contribution in [0.5, 0.6) is 5.75 Å². The number of fused-ring (bicyclic) bond motifs is 2. The van der Waals surface area contributed by atoms with E-state index >= 15 is 0 Å². The van der Waals surface area contributed by atoms with Crippen molar-refractivity contribution in [2.75, 3.05) is 10.6 Å². The Morgan fingerprint density at radius 1 is 0.972 bits per heavy atom. The molecule has 0 radical (unpaired) electrons. The van der Waals surface area contributed by atoms with E-state index in [4.69, 9.17) is 4.74 Å². The van der Waals surface area contributed by atoms with Gasteiger partial charge in [-0.1, -0.05) is 35.6 Å². The molecule has 6 rings (SSSR count). The summed E-state index contributed by atoms with van der Waals surface area (Å²) < 4.78 is 8.05. The molecule has 10 nitrogen and oxygen atoms in total. The number of aromatic nitrogens is 5. The third kappa shape index (κ3) is 4.03. The van der Waals surface area contributed by atoms with Crippen molar-refractivity contribution in [1.29, 1.82) is 0 Å². The second-order valence-electron chi connectivity index (χ2n) is 7.69. The number of nitrogens with zero attached hydrogens (tertiary/aromatic N) is 4. The summed E-state index contributed by atoms with van der Waals surface area (Å²) in [5, 5.41) is 13.0. The Labute approximate surface area is 207 Å². The highest BCUT2D eigenvalue weighted by molar-refractivity contribution is 7.22. The van der Waals surface area contributed by atoms with Crippen molar-refractivity contribution in [1.82, 2.24) is 24.6 Å². The summed E-state index contributed by atoms with van der Waals surface area (Å²) in [4.78, 5) is 34.7.